The predicted molar refractivity (Wildman–Crippen MR) is 177 cm³/mol. The van der Waals surface area contributed by atoms with Crippen LogP contribution in [0, 0.1) is 11.3 Å². The largest absolute Gasteiger partial charge is 0.348 e. The van der Waals surface area contributed by atoms with E-state index >= 15 is 0 Å². The summed E-state index contributed by atoms with van der Waals surface area (Å²) in [6, 6.07) is 24.5. The summed E-state index contributed by atoms with van der Waals surface area (Å²) in [5.41, 5.74) is 5.79. The van der Waals surface area contributed by atoms with Crippen LogP contribution in [0.5, 0.6) is 0 Å². The number of hydrogen-bond donors (Lipinski definition) is 3. The van der Waals surface area contributed by atoms with Gasteiger partial charge in [-0.2, -0.15) is 0 Å². The molecule has 0 aliphatic rings. The van der Waals surface area contributed by atoms with Gasteiger partial charge in [0.25, 0.3) is 0 Å². The summed E-state index contributed by atoms with van der Waals surface area (Å²) in [5.74, 6) is -1.74. The van der Waals surface area contributed by atoms with E-state index in [9.17, 15) is 14.4 Å². The lowest BCUT2D eigenvalue weighted by Crippen LogP contribution is -2.55. The van der Waals surface area contributed by atoms with Crippen LogP contribution in [0.25, 0.3) is 11.1 Å². The zero-order valence-corrected chi connectivity index (χ0v) is 26.8. The minimum atomic E-state index is -0.812. The van der Waals surface area contributed by atoms with Crippen LogP contribution >= 0.6 is 11.6 Å². The second-order valence-electron chi connectivity index (χ2n) is 12.0. The van der Waals surface area contributed by atoms with Gasteiger partial charge in [-0.15, -0.1) is 6.58 Å². The zero-order chi connectivity index (χ0) is 32.1. The third kappa shape index (κ3) is 10.6. The molecule has 0 spiro atoms. The number of aryl methyl sites for hydroxylation is 1. The van der Waals surface area contributed by atoms with Crippen molar-refractivity contribution in [1.29, 1.82) is 0 Å². The van der Waals surface area contributed by atoms with Gasteiger partial charge in [0.05, 0.1) is 12.6 Å². The highest BCUT2D eigenvalue weighted by atomic mass is 35.5. The summed E-state index contributed by atoms with van der Waals surface area (Å²) < 4.78 is 0. The van der Waals surface area contributed by atoms with Crippen LogP contribution in [0.1, 0.15) is 64.1 Å². The Labute approximate surface area is 266 Å². The van der Waals surface area contributed by atoms with E-state index < -0.39 is 23.3 Å². The Balaban J connectivity index is 1.70. The van der Waals surface area contributed by atoms with Crippen molar-refractivity contribution in [2.75, 3.05) is 6.61 Å². The van der Waals surface area contributed by atoms with Gasteiger partial charge >= 0.3 is 0 Å². The molecule has 0 fully saturated rings. The molecule has 0 aliphatic carbocycles. The fraction of sp³-hybridized carbons (Fsp3) is 0.361. The molecule has 0 aromatic heterocycles. The monoisotopic (exact) mass is 617 g/mol. The Morgan fingerprint density at radius 3 is 2.20 bits per heavy atom. The SMILES string of the molecule is C=CCONC(=O)C[C@@H](CCCc1ccc(-c2ccccc2)c(Cl)c1)C(=O)N[C@H](C(=O)N[C@H](C)c1ccccc1)C(C)(C)C. The topological polar surface area (TPSA) is 96.5 Å². The molecule has 0 unspecified atom stereocenters. The molecule has 3 aromatic carbocycles. The summed E-state index contributed by atoms with van der Waals surface area (Å²) >= 11 is 6.61. The molecule has 0 aliphatic heterocycles. The number of rotatable bonds is 15. The Morgan fingerprint density at radius 1 is 0.932 bits per heavy atom. The molecule has 3 rings (SSSR count). The van der Waals surface area contributed by atoms with Crippen LogP contribution in [0.15, 0.2) is 91.5 Å². The summed E-state index contributed by atoms with van der Waals surface area (Å²) in [6.45, 7) is 11.3. The van der Waals surface area contributed by atoms with Crippen LogP contribution < -0.4 is 16.1 Å². The number of nitrogens with one attached hydrogen (secondary N) is 3. The van der Waals surface area contributed by atoms with Gasteiger partial charge in [-0.25, -0.2) is 5.48 Å². The van der Waals surface area contributed by atoms with Gasteiger partial charge in [0.15, 0.2) is 0 Å². The molecule has 0 bridgehead atoms. The summed E-state index contributed by atoms with van der Waals surface area (Å²) in [7, 11) is 0. The van der Waals surface area contributed by atoms with Crippen LogP contribution in [-0.4, -0.2) is 30.4 Å². The van der Waals surface area contributed by atoms with Crippen molar-refractivity contribution in [3.8, 4) is 11.1 Å². The Morgan fingerprint density at radius 2 is 1.59 bits per heavy atom. The average Bonchev–Trinajstić information content (AvgIpc) is 2.99. The number of carbonyl (C=O) groups excluding carboxylic acids is 3. The number of amides is 3. The average molecular weight is 618 g/mol. The lowest BCUT2D eigenvalue weighted by molar-refractivity contribution is -0.139. The smallest absolute Gasteiger partial charge is 0.244 e. The molecule has 3 atom stereocenters. The molecule has 8 heteroatoms. The maximum absolute atomic E-state index is 13.7. The number of benzene rings is 3. The normalized spacial score (nSPS) is 13.3. The van der Waals surface area contributed by atoms with Crippen LogP contribution in [0.2, 0.25) is 5.02 Å². The maximum atomic E-state index is 13.7. The van der Waals surface area contributed by atoms with Crippen LogP contribution in [0.4, 0.5) is 0 Å². The number of hydroxylamine groups is 1. The van der Waals surface area contributed by atoms with Crippen LogP contribution in [-0.2, 0) is 25.6 Å². The van der Waals surface area contributed by atoms with E-state index in [1.807, 2.05) is 107 Å². The standard InChI is InChI=1S/C36H44ClN3O4/c1-6-22-44-40-32(41)24-29(19-13-14-26-20-21-30(31(37)23-26)28-17-11-8-12-18-28)34(42)39-33(36(3,4)5)35(43)38-25(2)27-15-9-7-10-16-27/h6-12,15-18,20-21,23,25,29,33H,1,13-14,19,22,24H2,2-5H3,(H,38,43)(H,39,42)(H,40,41)/t25-,29-,33-/m1/s1. The van der Waals surface area contributed by atoms with Crippen molar-refractivity contribution in [2.45, 2.75) is 65.5 Å². The van der Waals surface area contributed by atoms with Crippen LogP contribution in [0.3, 0.4) is 0 Å². The quantitative estimate of drug-likeness (QED) is 0.0974. The third-order valence-electron chi connectivity index (χ3n) is 7.40. The molecular weight excluding hydrogens is 574 g/mol. The van der Waals surface area contributed by atoms with Gasteiger partial charge in [-0.3, -0.25) is 19.2 Å². The predicted octanol–water partition coefficient (Wildman–Crippen LogP) is 6.98. The molecule has 3 N–H and O–H groups in total. The van der Waals surface area contributed by atoms with Crippen molar-refractivity contribution >= 4 is 29.3 Å². The summed E-state index contributed by atoms with van der Waals surface area (Å²) in [6.07, 6.45) is 3.16. The number of carbonyl (C=O) groups is 3. The van der Waals surface area contributed by atoms with Gasteiger partial charge in [-0.05, 0) is 54.4 Å². The Hall–Kier alpha value is -3.94. The van der Waals surface area contributed by atoms with Crippen molar-refractivity contribution in [3.63, 3.8) is 0 Å². The van der Waals surface area contributed by atoms with Gasteiger partial charge < -0.3 is 10.6 Å². The fourth-order valence-corrected chi connectivity index (χ4v) is 5.26. The van der Waals surface area contributed by atoms with Crippen molar-refractivity contribution in [2.24, 2.45) is 11.3 Å². The molecule has 234 valence electrons. The molecule has 3 amide bonds. The van der Waals surface area contributed by atoms with Gasteiger partial charge in [0.2, 0.25) is 17.7 Å². The van der Waals surface area contributed by atoms with E-state index in [0.29, 0.717) is 24.3 Å². The number of halogens is 1. The maximum Gasteiger partial charge on any atom is 0.244 e. The highest BCUT2D eigenvalue weighted by Gasteiger charge is 2.35. The van der Waals surface area contributed by atoms with E-state index in [-0.39, 0.29) is 30.9 Å². The molecule has 0 saturated carbocycles. The molecule has 44 heavy (non-hydrogen) atoms. The van der Waals surface area contributed by atoms with Gasteiger partial charge in [-0.1, -0.05) is 111 Å². The van der Waals surface area contributed by atoms with E-state index in [1.54, 1.807) is 0 Å². The summed E-state index contributed by atoms with van der Waals surface area (Å²) in [4.78, 5) is 44.9. The zero-order valence-electron chi connectivity index (χ0n) is 26.1. The number of hydrogen-bond acceptors (Lipinski definition) is 4. The van der Waals surface area contributed by atoms with E-state index in [0.717, 1.165) is 22.3 Å². The third-order valence-corrected chi connectivity index (χ3v) is 7.71. The minimum Gasteiger partial charge on any atom is -0.348 e. The first kappa shape index (κ1) is 34.5. The minimum absolute atomic E-state index is 0.0877. The molecule has 3 aromatic rings. The first-order valence-corrected chi connectivity index (χ1v) is 15.4. The molecule has 0 radical (unpaired) electrons. The lowest BCUT2D eigenvalue weighted by Gasteiger charge is -2.32. The second-order valence-corrected chi connectivity index (χ2v) is 12.5. The van der Waals surface area contributed by atoms with Crippen molar-refractivity contribution < 1.29 is 19.2 Å². The lowest BCUT2D eigenvalue weighted by atomic mass is 9.85. The van der Waals surface area contributed by atoms with Gasteiger partial charge in [0, 0.05) is 22.9 Å². The molecular formula is C36H44ClN3O4. The summed E-state index contributed by atoms with van der Waals surface area (Å²) in [5, 5.41) is 6.65. The second kappa shape index (κ2) is 16.8. The highest BCUT2D eigenvalue weighted by Crippen LogP contribution is 2.29. The Bertz CT molecular complexity index is 1390. The molecule has 0 heterocycles. The van der Waals surface area contributed by atoms with Crippen molar-refractivity contribution in [1.82, 2.24) is 16.1 Å². The molecule has 0 saturated heterocycles. The van der Waals surface area contributed by atoms with Crippen molar-refractivity contribution in [3.05, 3.63) is 108 Å². The van der Waals surface area contributed by atoms with Gasteiger partial charge in [0.1, 0.15) is 6.04 Å². The first-order chi connectivity index (χ1) is 21.0. The van der Waals surface area contributed by atoms with E-state index in [1.165, 1.54) is 6.08 Å². The molecule has 7 nitrogen and oxygen atoms in total. The first-order valence-electron chi connectivity index (χ1n) is 15.0. The van der Waals surface area contributed by atoms with E-state index in [2.05, 4.69) is 22.7 Å². The van der Waals surface area contributed by atoms with E-state index in [4.69, 9.17) is 16.4 Å². The Kier molecular flexibility index (Phi) is 13.2. The fourth-order valence-electron chi connectivity index (χ4n) is 4.95. The highest BCUT2D eigenvalue weighted by molar-refractivity contribution is 6.33.